The van der Waals surface area contributed by atoms with Crippen molar-refractivity contribution in [2.75, 3.05) is 6.61 Å². The molecule has 0 bridgehead atoms. The zero-order valence-electron chi connectivity index (χ0n) is 10.4. The van der Waals surface area contributed by atoms with Crippen LogP contribution in [0.4, 0.5) is 0 Å². The minimum Gasteiger partial charge on any atom is -0.413 e. The molecule has 1 unspecified atom stereocenters. The van der Waals surface area contributed by atoms with E-state index in [0.717, 1.165) is 6.61 Å². The fraction of sp³-hybridized carbons (Fsp3) is 0.846. The number of unbranched alkanes of at least 4 members (excludes halogenated alkanes) is 4. The summed E-state index contributed by atoms with van der Waals surface area (Å²) in [6.07, 6.45) is 11.8. The van der Waals surface area contributed by atoms with Crippen LogP contribution in [-0.4, -0.2) is 14.9 Å². The van der Waals surface area contributed by atoms with Crippen LogP contribution in [0.25, 0.3) is 0 Å². The highest BCUT2D eigenvalue weighted by Crippen LogP contribution is 2.22. The lowest BCUT2D eigenvalue weighted by Crippen LogP contribution is -2.35. The summed E-state index contributed by atoms with van der Waals surface area (Å²) >= 11 is 0. The molecule has 1 nitrogen and oxygen atoms in total. The number of hydrogen-bond acceptors (Lipinski definition) is 1. The van der Waals surface area contributed by atoms with Gasteiger partial charge in [-0.25, -0.2) is 0 Å². The van der Waals surface area contributed by atoms with Crippen LogP contribution in [0.3, 0.4) is 0 Å². The standard InChI is InChI=1S/C13H26OSi/c1-3-4-5-6-7-9-12-15(2)13-10-8-11-14-15/h9,12H,3-8,10-11,13H2,1-2H3. The number of allylic oxidation sites excluding steroid dienone is 1. The molecule has 0 aromatic carbocycles. The predicted molar refractivity (Wildman–Crippen MR) is 69.5 cm³/mol. The molecule has 0 aromatic rings. The molecule has 2 heteroatoms. The van der Waals surface area contributed by atoms with Gasteiger partial charge in [-0.05, 0) is 31.9 Å². The van der Waals surface area contributed by atoms with Crippen molar-refractivity contribution in [3.05, 3.63) is 11.8 Å². The Hall–Kier alpha value is -0.0831. The molecule has 0 saturated carbocycles. The van der Waals surface area contributed by atoms with E-state index in [0.29, 0.717) is 0 Å². The summed E-state index contributed by atoms with van der Waals surface area (Å²) in [5.41, 5.74) is 2.43. The third kappa shape index (κ3) is 5.52. The normalized spacial score (nSPS) is 27.3. The van der Waals surface area contributed by atoms with E-state index >= 15 is 0 Å². The van der Waals surface area contributed by atoms with Crippen molar-refractivity contribution in [2.45, 2.75) is 64.5 Å². The molecule has 1 rings (SSSR count). The van der Waals surface area contributed by atoms with Crippen LogP contribution in [0, 0.1) is 0 Å². The highest BCUT2D eigenvalue weighted by atomic mass is 28.4. The third-order valence-corrected chi connectivity index (χ3v) is 6.34. The van der Waals surface area contributed by atoms with Crippen LogP contribution < -0.4 is 0 Å². The first kappa shape index (κ1) is 13.0. The molecular formula is C13H26OSi. The van der Waals surface area contributed by atoms with Gasteiger partial charge in [0.15, 0.2) is 0 Å². The van der Waals surface area contributed by atoms with Gasteiger partial charge in [-0.2, -0.15) is 0 Å². The van der Waals surface area contributed by atoms with Crippen molar-refractivity contribution >= 4 is 8.32 Å². The topological polar surface area (TPSA) is 9.23 Å². The Kier molecular flexibility index (Phi) is 6.26. The fourth-order valence-electron chi connectivity index (χ4n) is 2.11. The lowest BCUT2D eigenvalue weighted by Gasteiger charge is -2.28. The SMILES string of the molecule is CCCCCCC=C[Si]1(C)CCCCO1. The number of rotatable bonds is 6. The van der Waals surface area contributed by atoms with Crippen molar-refractivity contribution in [3.8, 4) is 0 Å². The summed E-state index contributed by atoms with van der Waals surface area (Å²) in [7, 11) is -1.39. The minimum absolute atomic E-state index is 1.00. The zero-order chi connectivity index (χ0) is 11.0. The summed E-state index contributed by atoms with van der Waals surface area (Å²) < 4.78 is 5.95. The average Bonchev–Trinajstić information content (AvgIpc) is 2.24. The van der Waals surface area contributed by atoms with E-state index in [2.05, 4.69) is 25.2 Å². The van der Waals surface area contributed by atoms with E-state index in [4.69, 9.17) is 4.43 Å². The van der Waals surface area contributed by atoms with Crippen LogP contribution in [0.5, 0.6) is 0 Å². The van der Waals surface area contributed by atoms with E-state index in [1.807, 2.05) is 0 Å². The van der Waals surface area contributed by atoms with Crippen molar-refractivity contribution in [3.63, 3.8) is 0 Å². The summed E-state index contributed by atoms with van der Waals surface area (Å²) in [4.78, 5) is 0. The molecule has 1 atom stereocenters. The van der Waals surface area contributed by atoms with Crippen molar-refractivity contribution in [1.29, 1.82) is 0 Å². The van der Waals surface area contributed by atoms with Gasteiger partial charge in [0.2, 0.25) is 8.32 Å². The van der Waals surface area contributed by atoms with Crippen LogP contribution in [-0.2, 0) is 4.43 Å². The largest absolute Gasteiger partial charge is 0.413 e. The van der Waals surface area contributed by atoms with E-state index in [9.17, 15) is 0 Å². The summed E-state index contributed by atoms with van der Waals surface area (Å²) in [6, 6.07) is 1.33. The van der Waals surface area contributed by atoms with Gasteiger partial charge in [0.05, 0.1) is 0 Å². The molecule has 0 spiro atoms. The monoisotopic (exact) mass is 226 g/mol. The van der Waals surface area contributed by atoms with E-state index < -0.39 is 8.32 Å². The molecule has 15 heavy (non-hydrogen) atoms. The Morgan fingerprint density at radius 3 is 2.73 bits per heavy atom. The third-order valence-electron chi connectivity index (χ3n) is 3.19. The highest BCUT2D eigenvalue weighted by molar-refractivity contribution is 6.77. The molecule has 1 aliphatic heterocycles. The van der Waals surface area contributed by atoms with Gasteiger partial charge in [0.25, 0.3) is 0 Å². The second-order valence-corrected chi connectivity index (χ2v) is 8.62. The molecule has 0 radical (unpaired) electrons. The molecule has 1 fully saturated rings. The second kappa shape index (κ2) is 7.23. The Balaban J connectivity index is 2.12. The van der Waals surface area contributed by atoms with E-state index in [1.165, 1.54) is 51.0 Å². The van der Waals surface area contributed by atoms with Gasteiger partial charge in [0.1, 0.15) is 0 Å². The first-order valence-electron chi connectivity index (χ1n) is 6.58. The van der Waals surface area contributed by atoms with Crippen LogP contribution in [0.1, 0.15) is 51.9 Å². The van der Waals surface area contributed by atoms with Gasteiger partial charge in [-0.1, -0.05) is 44.4 Å². The Bertz CT molecular complexity index is 183. The van der Waals surface area contributed by atoms with Crippen molar-refractivity contribution in [2.24, 2.45) is 0 Å². The molecule has 88 valence electrons. The van der Waals surface area contributed by atoms with E-state index in [1.54, 1.807) is 0 Å². The second-order valence-electron chi connectivity index (χ2n) is 4.87. The lowest BCUT2D eigenvalue weighted by atomic mass is 10.2. The summed E-state index contributed by atoms with van der Waals surface area (Å²) in [5.74, 6) is 0. The predicted octanol–water partition coefficient (Wildman–Crippen LogP) is 4.44. The Labute approximate surface area is 96.0 Å². The van der Waals surface area contributed by atoms with Gasteiger partial charge in [-0.15, -0.1) is 0 Å². The summed E-state index contributed by atoms with van der Waals surface area (Å²) in [5, 5.41) is 0. The first-order chi connectivity index (χ1) is 7.27. The van der Waals surface area contributed by atoms with Crippen molar-refractivity contribution in [1.82, 2.24) is 0 Å². The minimum atomic E-state index is -1.39. The van der Waals surface area contributed by atoms with Gasteiger partial charge < -0.3 is 4.43 Å². The highest BCUT2D eigenvalue weighted by Gasteiger charge is 2.27. The maximum Gasteiger partial charge on any atom is 0.213 e. The zero-order valence-corrected chi connectivity index (χ0v) is 11.4. The molecule has 0 aromatic heterocycles. The van der Waals surface area contributed by atoms with Crippen LogP contribution in [0.15, 0.2) is 11.8 Å². The quantitative estimate of drug-likeness (QED) is 0.480. The Morgan fingerprint density at radius 1 is 1.20 bits per heavy atom. The average molecular weight is 226 g/mol. The van der Waals surface area contributed by atoms with Crippen LogP contribution in [0.2, 0.25) is 12.6 Å². The molecule has 1 heterocycles. The molecule has 1 saturated heterocycles. The lowest BCUT2D eigenvalue weighted by molar-refractivity contribution is 0.278. The number of hydrogen-bond donors (Lipinski definition) is 0. The molecule has 1 aliphatic rings. The maximum absolute atomic E-state index is 5.95. The molecule has 0 aliphatic carbocycles. The fourth-order valence-corrected chi connectivity index (χ4v) is 4.74. The van der Waals surface area contributed by atoms with Crippen LogP contribution >= 0.6 is 0 Å². The molecule has 0 amide bonds. The summed E-state index contributed by atoms with van der Waals surface area (Å²) in [6.45, 7) is 5.62. The first-order valence-corrected chi connectivity index (χ1v) is 9.28. The van der Waals surface area contributed by atoms with E-state index in [-0.39, 0.29) is 0 Å². The van der Waals surface area contributed by atoms with Gasteiger partial charge in [-0.3, -0.25) is 0 Å². The van der Waals surface area contributed by atoms with Crippen molar-refractivity contribution < 1.29 is 4.43 Å². The molecule has 0 N–H and O–H groups in total. The van der Waals surface area contributed by atoms with Gasteiger partial charge in [0, 0.05) is 6.61 Å². The molecular weight excluding hydrogens is 200 g/mol. The Morgan fingerprint density at radius 2 is 2.07 bits per heavy atom. The van der Waals surface area contributed by atoms with Gasteiger partial charge >= 0.3 is 0 Å². The smallest absolute Gasteiger partial charge is 0.213 e. The maximum atomic E-state index is 5.95.